The Labute approximate surface area is 96.0 Å². The molecule has 1 fully saturated rings. The van der Waals surface area contributed by atoms with Crippen LogP contribution in [0.15, 0.2) is 12.1 Å². The molecular formula is C13H18O3. The van der Waals surface area contributed by atoms with Gasteiger partial charge in [-0.25, -0.2) is 0 Å². The van der Waals surface area contributed by atoms with Crippen molar-refractivity contribution in [2.45, 2.75) is 25.2 Å². The van der Waals surface area contributed by atoms with Gasteiger partial charge in [0.05, 0.1) is 20.8 Å². The molecule has 88 valence electrons. The molecule has 0 aliphatic heterocycles. The number of benzene rings is 1. The lowest BCUT2D eigenvalue weighted by Crippen LogP contribution is -2.12. The maximum atomic E-state index is 9.42. The molecule has 0 saturated heterocycles. The van der Waals surface area contributed by atoms with Crippen molar-refractivity contribution in [3.8, 4) is 11.5 Å². The van der Waals surface area contributed by atoms with Crippen LogP contribution in [0.3, 0.4) is 0 Å². The third-order valence-electron chi connectivity index (χ3n) is 3.52. The Bertz CT molecular complexity index is 369. The van der Waals surface area contributed by atoms with E-state index in [0.717, 1.165) is 35.5 Å². The predicted molar refractivity (Wildman–Crippen MR) is 62.3 cm³/mol. The second-order valence-corrected chi connectivity index (χ2v) is 4.44. The average molecular weight is 222 g/mol. The Hall–Kier alpha value is -1.22. The monoisotopic (exact) mass is 222 g/mol. The summed E-state index contributed by atoms with van der Waals surface area (Å²) in [6.45, 7) is 2.17. The van der Waals surface area contributed by atoms with E-state index in [-0.39, 0.29) is 12.0 Å². The first-order valence-electron chi connectivity index (χ1n) is 5.51. The van der Waals surface area contributed by atoms with E-state index in [0.29, 0.717) is 0 Å². The van der Waals surface area contributed by atoms with E-state index < -0.39 is 0 Å². The van der Waals surface area contributed by atoms with Crippen LogP contribution in [0.5, 0.6) is 11.5 Å². The van der Waals surface area contributed by atoms with Crippen molar-refractivity contribution in [3.05, 3.63) is 23.3 Å². The zero-order valence-electron chi connectivity index (χ0n) is 10.0. The van der Waals surface area contributed by atoms with Crippen LogP contribution in [0.2, 0.25) is 0 Å². The van der Waals surface area contributed by atoms with Crippen LogP contribution >= 0.6 is 0 Å². The molecule has 0 unspecified atom stereocenters. The summed E-state index contributed by atoms with van der Waals surface area (Å²) in [4.78, 5) is 0. The molecule has 2 rings (SSSR count). The first-order chi connectivity index (χ1) is 7.66. The van der Waals surface area contributed by atoms with Gasteiger partial charge in [-0.1, -0.05) is 0 Å². The van der Waals surface area contributed by atoms with Gasteiger partial charge in [0.25, 0.3) is 0 Å². The second-order valence-electron chi connectivity index (χ2n) is 4.44. The molecule has 1 saturated carbocycles. The number of hydrogen-bond acceptors (Lipinski definition) is 3. The fourth-order valence-electron chi connectivity index (χ4n) is 2.08. The summed E-state index contributed by atoms with van der Waals surface area (Å²) >= 11 is 0. The van der Waals surface area contributed by atoms with Crippen molar-refractivity contribution >= 4 is 0 Å². The minimum Gasteiger partial charge on any atom is -0.496 e. The zero-order valence-corrected chi connectivity index (χ0v) is 10.0. The normalized spacial score (nSPS) is 17.0. The Kier molecular flexibility index (Phi) is 2.80. The molecule has 1 N–H and O–H groups in total. The molecular weight excluding hydrogens is 204 g/mol. The molecule has 1 aromatic carbocycles. The van der Waals surface area contributed by atoms with E-state index in [9.17, 15) is 5.11 Å². The van der Waals surface area contributed by atoms with E-state index in [1.54, 1.807) is 14.2 Å². The largest absolute Gasteiger partial charge is 0.496 e. The number of hydrogen-bond donors (Lipinski definition) is 1. The van der Waals surface area contributed by atoms with Crippen LogP contribution in [0.1, 0.15) is 24.0 Å². The summed E-state index contributed by atoms with van der Waals surface area (Å²) in [5, 5.41) is 9.42. The van der Waals surface area contributed by atoms with Crippen molar-refractivity contribution < 1.29 is 14.6 Å². The van der Waals surface area contributed by atoms with Gasteiger partial charge in [-0.2, -0.15) is 0 Å². The first kappa shape index (κ1) is 11.3. The molecule has 3 nitrogen and oxygen atoms in total. The second kappa shape index (κ2) is 3.98. The predicted octanol–water partition coefficient (Wildman–Crippen LogP) is 2.04. The molecule has 1 aliphatic carbocycles. The highest BCUT2D eigenvalue weighted by Gasteiger charge is 2.44. The molecule has 0 heterocycles. The van der Waals surface area contributed by atoms with Gasteiger partial charge >= 0.3 is 0 Å². The van der Waals surface area contributed by atoms with Gasteiger partial charge in [-0.05, 0) is 37.5 Å². The van der Waals surface area contributed by atoms with Crippen LogP contribution < -0.4 is 9.47 Å². The summed E-state index contributed by atoms with van der Waals surface area (Å²) in [7, 11) is 3.31. The van der Waals surface area contributed by atoms with Crippen molar-refractivity contribution in [2.24, 2.45) is 0 Å². The summed E-state index contributed by atoms with van der Waals surface area (Å²) in [6, 6.07) is 4.03. The fourth-order valence-corrected chi connectivity index (χ4v) is 2.08. The van der Waals surface area contributed by atoms with Crippen molar-refractivity contribution in [2.75, 3.05) is 20.8 Å². The van der Waals surface area contributed by atoms with Gasteiger partial charge < -0.3 is 14.6 Å². The highest BCUT2D eigenvalue weighted by molar-refractivity contribution is 5.50. The van der Waals surface area contributed by atoms with E-state index in [4.69, 9.17) is 9.47 Å². The SMILES string of the molecule is COc1cc(C2(CO)CC2)cc(OC)c1C. The molecule has 0 atom stereocenters. The Morgan fingerprint density at radius 3 is 2.00 bits per heavy atom. The van der Waals surface area contributed by atoms with E-state index in [1.807, 2.05) is 19.1 Å². The topological polar surface area (TPSA) is 38.7 Å². The summed E-state index contributed by atoms with van der Waals surface area (Å²) in [5.74, 6) is 1.66. The standard InChI is InChI=1S/C13H18O3/c1-9-11(15-2)6-10(7-12(9)16-3)13(8-14)4-5-13/h6-7,14H,4-5,8H2,1-3H3. The molecule has 0 aromatic heterocycles. The smallest absolute Gasteiger partial charge is 0.125 e. The van der Waals surface area contributed by atoms with Gasteiger partial charge in [0, 0.05) is 11.0 Å². The highest BCUT2D eigenvalue weighted by Crippen LogP contribution is 2.50. The van der Waals surface area contributed by atoms with Crippen LogP contribution in [0.25, 0.3) is 0 Å². The minimum atomic E-state index is -0.0474. The quantitative estimate of drug-likeness (QED) is 0.847. The summed E-state index contributed by atoms with van der Waals surface area (Å²) < 4.78 is 10.7. The minimum absolute atomic E-state index is 0.0474. The van der Waals surface area contributed by atoms with Crippen molar-refractivity contribution in [1.82, 2.24) is 0 Å². The zero-order chi connectivity index (χ0) is 11.8. The number of ether oxygens (including phenoxy) is 2. The first-order valence-corrected chi connectivity index (χ1v) is 5.51. The molecule has 0 spiro atoms. The van der Waals surface area contributed by atoms with Crippen LogP contribution in [0, 0.1) is 6.92 Å². The molecule has 1 aromatic rings. The molecule has 0 radical (unpaired) electrons. The van der Waals surface area contributed by atoms with E-state index in [2.05, 4.69) is 0 Å². The number of aliphatic hydroxyl groups excluding tert-OH is 1. The van der Waals surface area contributed by atoms with Crippen molar-refractivity contribution in [3.63, 3.8) is 0 Å². The Morgan fingerprint density at radius 1 is 1.19 bits per heavy atom. The van der Waals surface area contributed by atoms with Gasteiger partial charge in [0.2, 0.25) is 0 Å². The lowest BCUT2D eigenvalue weighted by molar-refractivity contribution is 0.254. The molecule has 0 bridgehead atoms. The van der Waals surface area contributed by atoms with Gasteiger partial charge in [0.15, 0.2) is 0 Å². The van der Waals surface area contributed by atoms with Crippen LogP contribution in [-0.4, -0.2) is 25.9 Å². The van der Waals surface area contributed by atoms with E-state index >= 15 is 0 Å². The third-order valence-corrected chi connectivity index (χ3v) is 3.52. The van der Waals surface area contributed by atoms with Gasteiger partial charge in [-0.15, -0.1) is 0 Å². The third kappa shape index (κ3) is 1.65. The molecule has 16 heavy (non-hydrogen) atoms. The maximum absolute atomic E-state index is 9.42. The van der Waals surface area contributed by atoms with Crippen molar-refractivity contribution in [1.29, 1.82) is 0 Å². The Balaban J connectivity index is 2.47. The summed E-state index contributed by atoms with van der Waals surface area (Å²) in [5.41, 5.74) is 2.07. The molecule has 3 heteroatoms. The number of rotatable bonds is 4. The number of aliphatic hydroxyl groups is 1. The lowest BCUT2D eigenvalue weighted by Gasteiger charge is -2.17. The van der Waals surface area contributed by atoms with E-state index in [1.165, 1.54) is 0 Å². The fraction of sp³-hybridized carbons (Fsp3) is 0.538. The van der Waals surface area contributed by atoms with Crippen LogP contribution in [-0.2, 0) is 5.41 Å². The van der Waals surface area contributed by atoms with Gasteiger partial charge in [-0.3, -0.25) is 0 Å². The van der Waals surface area contributed by atoms with Gasteiger partial charge in [0.1, 0.15) is 11.5 Å². The number of methoxy groups -OCH3 is 2. The maximum Gasteiger partial charge on any atom is 0.125 e. The lowest BCUT2D eigenvalue weighted by atomic mass is 9.95. The summed E-state index contributed by atoms with van der Waals surface area (Å²) in [6.07, 6.45) is 2.08. The molecule has 0 amide bonds. The molecule has 1 aliphatic rings. The van der Waals surface area contributed by atoms with Crippen LogP contribution in [0.4, 0.5) is 0 Å². The highest BCUT2D eigenvalue weighted by atomic mass is 16.5. The average Bonchev–Trinajstić information content (AvgIpc) is 3.10. The Morgan fingerprint density at radius 2 is 1.69 bits per heavy atom.